The van der Waals surface area contributed by atoms with E-state index in [1.165, 1.54) is 85.6 Å². The third-order valence-corrected chi connectivity index (χ3v) is 21.8. The van der Waals surface area contributed by atoms with E-state index in [1.54, 1.807) is 55.8 Å². The zero-order valence-electron chi connectivity index (χ0n) is 72.9. The van der Waals surface area contributed by atoms with E-state index in [-0.39, 0.29) is 17.8 Å². The van der Waals surface area contributed by atoms with E-state index >= 15 is 0 Å². The molecule has 19 rings (SSSR count). The standard InChI is InChI=1S/C20H19N3O3.C20H23N3O.C19H21N3O.C16H15N3O.C13H15N3O.C12H13N3O/c1-3-24-17-9-8-13(12-18(17)25-4-2)20-22-19(23-26-20)15-6-5-7-16-14(15)10-11-21-16;1-13(2)11-16-5-7-17(8-6-16)15(4)20-22-19(23-24-20)18-9-10-21-12-14(18)3;1-13(2)12-15-4-6-16(7-5-15)14(3)19-21-18(22-23-19)17-8-10-20-11-9-17;1-2-14(12-6-4-3-5-7-12)16-18-15(19-20-16)13-8-10-17-11-9-13;1-2-4-11(5-3-1)13-15-12(16-17-13)10-6-8-14-9-7-10;1-2-4-10(3-1)12-14-11(15-16-12)9-5-7-13-8-6-9/h5-12,21H,3-4H2,1-2H3;5-10,12-13,15H,11H2,1-4H3;4-11,13-14H,12H2,1-3H3;3-11,14H,2H2,1H3;6-9,11H,1-5H2;5-8,10H,1-4H2. The zero-order valence-corrected chi connectivity index (χ0v) is 72.9. The smallest absolute Gasteiger partial charge is 0.258 e. The molecule has 0 aliphatic heterocycles. The third kappa shape index (κ3) is 23.6. The van der Waals surface area contributed by atoms with Gasteiger partial charge in [-0.1, -0.05) is 189 Å². The van der Waals surface area contributed by atoms with E-state index in [2.05, 4.69) is 200 Å². The predicted octanol–water partition coefficient (Wildman–Crippen LogP) is 23.6. The SMILES string of the molecule is CC(C)Cc1ccc(C(C)c2nc(-c3ccncc3)no2)cc1.CCC(c1ccccc1)c1nc(-c2ccncc2)no1.CCOc1ccc(-c2nc(-c3cccc4[nH]ccc34)no2)cc1OCC.Cc1cnccc1-c1noc(C(C)c2ccc(CC(C)C)cc2)n1.c1cc(-c2noc(C3CCCC3)n2)ccn1.c1cc(-c2noc(C3CCCCC3)n2)ccn1. The number of aryl methyl sites for hydroxylation is 1. The molecule has 2 fully saturated rings. The Hall–Kier alpha value is -14.2. The normalized spacial score (nSPS) is 13.3. The summed E-state index contributed by atoms with van der Waals surface area (Å²) in [5.74, 6) is 11.6. The maximum Gasteiger partial charge on any atom is 0.258 e. The third-order valence-electron chi connectivity index (χ3n) is 21.8. The molecular weight excluding hydrogens is 1580 g/mol. The molecule has 26 nitrogen and oxygen atoms in total. The predicted molar refractivity (Wildman–Crippen MR) is 482 cm³/mol. The Bertz CT molecular complexity index is 6080. The van der Waals surface area contributed by atoms with Gasteiger partial charge in [0.25, 0.3) is 5.89 Å². The molecule has 3 unspecified atom stereocenters. The van der Waals surface area contributed by atoms with E-state index in [9.17, 15) is 0 Å². The summed E-state index contributed by atoms with van der Waals surface area (Å²) in [6, 6.07) is 58.2. The van der Waals surface area contributed by atoms with Crippen LogP contribution in [0.1, 0.15) is 219 Å². The molecule has 1 N–H and O–H groups in total. The fourth-order valence-corrected chi connectivity index (χ4v) is 15.1. The van der Waals surface area contributed by atoms with Gasteiger partial charge in [-0.15, -0.1) is 0 Å². The van der Waals surface area contributed by atoms with E-state index in [4.69, 9.17) is 36.6 Å². The van der Waals surface area contributed by atoms with Gasteiger partial charge in [0.2, 0.25) is 64.4 Å². The van der Waals surface area contributed by atoms with Crippen LogP contribution in [0.5, 0.6) is 11.5 Å². The van der Waals surface area contributed by atoms with Gasteiger partial charge in [-0.3, -0.25) is 24.9 Å². The summed E-state index contributed by atoms with van der Waals surface area (Å²) in [5, 5.41) is 25.6. The highest BCUT2D eigenvalue weighted by molar-refractivity contribution is 5.93. The molecule has 17 aromatic rings. The van der Waals surface area contributed by atoms with E-state index in [0.717, 1.165) is 86.5 Å². The van der Waals surface area contributed by atoms with Gasteiger partial charge in [-0.05, 0) is 210 Å². The molecule has 26 heteroatoms. The van der Waals surface area contributed by atoms with Crippen LogP contribution < -0.4 is 9.47 Å². The summed E-state index contributed by atoms with van der Waals surface area (Å²) in [4.78, 5) is 50.4. The largest absolute Gasteiger partial charge is 0.490 e. The van der Waals surface area contributed by atoms with E-state index < -0.39 is 0 Å². The van der Waals surface area contributed by atoms with Crippen LogP contribution in [0.25, 0.3) is 90.7 Å². The second-order valence-electron chi connectivity index (χ2n) is 31.9. The van der Waals surface area contributed by atoms with Crippen molar-refractivity contribution in [3.63, 3.8) is 0 Å². The van der Waals surface area contributed by atoms with Crippen LogP contribution in [0.3, 0.4) is 0 Å². The van der Waals surface area contributed by atoms with Crippen LogP contribution in [-0.4, -0.2) is 104 Å². The topological polar surface area (TPSA) is 332 Å². The Morgan fingerprint density at radius 1 is 0.373 bits per heavy atom. The van der Waals surface area contributed by atoms with Crippen molar-refractivity contribution < 1.29 is 36.6 Å². The molecule has 126 heavy (non-hydrogen) atoms. The molecule has 644 valence electrons. The van der Waals surface area contributed by atoms with Crippen molar-refractivity contribution in [3.8, 4) is 91.3 Å². The van der Waals surface area contributed by atoms with Crippen molar-refractivity contribution in [2.24, 2.45) is 11.8 Å². The van der Waals surface area contributed by atoms with Crippen molar-refractivity contribution in [3.05, 3.63) is 307 Å². The molecule has 0 saturated heterocycles. The van der Waals surface area contributed by atoms with Crippen molar-refractivity contribution in [2.45, 2.75) is 176 Å². The first-order chi connectivity index (χ1) is 61.7. The van der Waals surface area contributed by atoms with Gasteiger partial charge in [0, 0.05) is 130 Å². The fraction of sp³-hybridized carbons (Fsp3) is 0.310. The minimum Gasteiger partial charge on any atom is -0.490 e. The summed E-state index contributed by atoms with van der Waals surface area (Å²) in [6.45, 7) is 22.2. The molecule has 2 saturated carbocycles. The molecule has 0 radical (unpaired) electrons. The van der Waals surface area contributed by atoms with Crippen LogP contribution in [0.15, 0.2) is 271 Å². The number of fused-ring (bicyclic) bond motifs is 1. The number of rotatable bonds is 24. The Morgan fingerprint density at radius 2 is 0.817 bits per heavy atom. The van der Waals surface area contributed by atoms with Crippen LogP contribution in [-0.2, 0) is 12.8 Å². The van der Waals surface area contributed by atoms with Crippen LogP contribution in [0.4, 0.5) is 0 Å². The number of aromatic nitrogens is 18. The zero-order chi connectivity index (χ0) is 87.4. The highest BCUT2D eigenvalue weighted by Gasteiger charge is 2.27. The highest BCUT2D eigenvalue weighted by Crippen LogP contribution is 2.38. The molecule has 12 aromatic heterocycles. The van der Waals surface area contributed by atoms with E-state index in [0.29, 0.717) is 107 Å². The van der Waals surface area contributed by atoms with E-state index in [1.807, 2.05) is 148 Å². The summed E-state index contributed by atoms with van der Waals surface area (Å²) < 4.78 is 43.9. The van der Waals surface area contributed by atoms with Gasteiger partial charge < -0.3 is 41.6 Å². The van der Waals surface area contributed by atoms with Crippen LogP contribution in [0, 0.1) is 18.8 Å². The minimum atomic E-state index is 0.0708. The number of benzene rings is 5. The maximum atomic E-state index is 5.67. The lowest BCUT2D eigenvalue weighted by molar-refractivity contribution is 0.288. The average Bonchev–Trinajstić information content (AvgIpc) is 1.64. The second-order valence-corrected chi connectivity index (χ2v) is 31.9. The number of H-pyrrole nitrogens is 1. The van der Waals surface area contributed by atoms with Gasteiger partial charge in [-0.2, -0.15) is 29.9 Å². The molecule has 2 aliphatic rings. The summed E-state index contributed by atoms with van der Waals surface area (Å²) in [6.07, 6.45) is 33.6. The number of ether oxygens (including phenoxy) is 2. The monoisotopic (exact) mass is 1690 g/mol. The first-order valence-electron chi connectivity index (χ1n) is 43.5. The maximum absolute atomic E-state index is 5.67. The van der Waals surface area contributed by atoms with Gasteiger partial charge in [-0.25, -0.2) is 0 Å². The summed E-state index contributed by atoms with van der Waals surface area (Å²) in [7, 11) is 0. The Kier molecular flexibility index (Phi) is 31.0. The summed E-state index contributed by atoms with van der Waals surface area (Å²) in [5.41, 5.74) is 14.8. The lowest BCUT2D eigenvalue weighted by Gasteiger charge is -2.17. The molecule has 3 atom stereocenters. The second kappa shape index (κ2) is 44.2. The quantitative estimate of drug-likeness (QED) is 0.0587. The fourth-order valence-electron chi connectivity index (χ4n) is 15.1. The van der Waals surface area contributed by atoms with Gasteiger partial charge in [0.05, 0.1) is 31.0 Å². The Labute approximate surface area is 733 Å². The number of hydrogen-bond donors (Lipinski definition) is 1. The molecule has 2 aliphatic carbocycles. The number of nitrogens with one attached hydrogen (secondary N) is 1. The van der Waals surface area contributed by atoms with Gasteiger partial charge >= 0.3 is 0 Å². The van der Waals surface area contributed by atoms with Gasteiger partial charge in [0.15, 0.2) is 11.5 Å². The number of aromatic amines is 1. The molecule has 0 bridgehead atoms. The van der Waals surface area contributed by atoms with Crippen LogP contribution >= 0.6 is 0 Å². The average molecular weight is 1690 g/mol. The van der Waals surface area contributed by atoms with Crippen molar-refractivity contribution >= 4 is 10.9 Å². The first kappa shape index (κ1) is 88.2. The molecule has 0 amide bonds. The summed E-state index contributed by atoms with van der Waals surface area (Å²) >= 11 is 0. The number of pyridine rings is 5. The van der Waals surface area contributed by atoms with Crippen molar-refractivity contribution in [1.82, 2.24) is 90.7 Å². The lowest BCUT2D eigenvalue weighted by Crippen LogP contribution is -2.04. The van der Waals surface area contributed by atoms with Crippen molar-refractivity contribution in [1.29, 1.82) is 0 Å². The molecular formula is C100H106N18O8. The Morgan fingerprint density at radius 3 is 1.32 bits per heavy atom. The number of hydrogen-bond acceptors (Lipinski definition) is 25. The highest BCUT2D eigenvalue weighted by atomic mass is 16.5. The minimum absolute atomic E-state index is 0.0708. The molecule has 12 heterocycles. The molecule has 5 aromatic carbocycles. The van der Waals surface area contributed by atoms with Crippen LogP contribution in [0.2, 0.25) is 0 Å². The lowest BCUT2D eigenvalue weighted by atomic mass is 9.89. The van der Waals surface area contributed by atoms with Gasteiger partial charge in [0.1, 0.15) is 0 Å². The molecule has 0 spiro atoms. The van der Waals surface area contributed by atoms with Crippen molar-refractivity contribution in [2.75, 3.05) is 13.2 Å². The first-order valence-corrected chi connectivity index (χ1v) is 43.5. The Balaban J connectivity index is 0.000000124. The number of nitrogens with zero attached hydrogens (tertiary/aromatic N) is 17.